The summed E-state index contributed by atoms with van der Waals surface area (Å²) in [5.74, 6) is 0.795. The molecule has 2 N–H and O–H groups in total. The zero-order valence-electron chi connectivity index (χ0n) is 10.9. The number of aromatic amines is 1. The van der Waals surface area contributed by atoms with Crippen LogP contribution in [0, 0.1) is 4.64 Å². The van der Waals surface area contributed by atoms with E-state index in [0.29, 0.717) is 4.64 Å². The van der Waals surface area contributed by atoms with Crippen LogP contribution in [0.5, 0.6) is 0 Å². The van der Waals surface area contributed by atoms with Crippen LogP contribution in [-0.4, -0.2) is 21.5 Å². The summed E-state index contributed by atoms with van der Waals surface area (Å²) in [7, 11) is 0. The van der Waals surface area contributed by atoms with Crippen LogP contribution >= 0.6 is 12.2 Å². The van der Waals surface area contributed by atoms with Crippen molar-refractivity contribution in [3.63, 3.8) is 0 Å². The predicted octanol–water partition coefficient (Wildman–Crippen LogP) is 2.41. The van der Waals surface area contributed by atoms with Gasteiger partial charge in [-0.1, -0.05) is 25.2 Å². The van der Waals surface area contributed by atoms with Crippen LogP contribution in [0.3, 0.4) is 0 Å². The lowest BCUT2D eigenvalue weighted by molar-refractivity contribution is 0.624. The SMILES string of the molecule is CCc1cccnc1-c1nc(=S)c2c([nH]1)CCNC2. The first-order chi connectivity index (χ1) is 9.29. The van der Waals surface area contributed by atoms with E-state index in [1.807, 2.05) is 6.07 Å². The van der Waals surface area contributed by atoms with Gasteiger partial charge in [0, 0.05) is 37.0 Å². The Hall–Kier alpha value is -1.59. The van der Waals surface area contributed by atoms with Gasteiger partial charge in [-0.05, 0) is 18.1 Å². The van der Waals surface area contributed by atoms with Crippen LogP contribution in [0.15, 0.2) is 18.3 Å². The first kappa shape index (κ1) is 12.4. The summed E-state index contributed by atoms with van der Waals surface area (Å²) in [6.07, 6.45) is 3.70. The Bertz CT molecular complexity index is 663. The van der Waals surface area contributed by atoms with E-state index in [4.69, 9.17) is 12.2 Å². The first-order valence-corrected chi connectivity index (χ1v) is 6.97. The predicted molar refractivity (Wildman–Crippen MR) is 77.4 cm³/mol. The minimum atomic E-state index is 0.684. The Morgan fingerprint density at radius 1 is 1.42 bits per heavy atom. The topological polar surface area (TPSA) is 53.6 Å². The smallest absolute Gasteiger partial charge is 0.158 e. The third-order valence-corrected chi connectivity index (χ3v) is 3.79. The monoisotopic (exact) mass is 272 g/mol. The Kier molecular flexibility index (Phi) is 3.40. The number of fused-ring (bicyclic) bond motifs is 1. The molecule has 1 aliphatic rings. The standard InChI is InChI=1S/C14H16N4S/c1-2-9-4-3-6-16-12(9)13-17-11-5-7-15-8-10(11)14(19)18-13/h3-4,6,15H,2,5,7-8H2,1H3,(H,17,18,19). The molecule has 4 nitrogen and oxygen atoms in total. The van der Waals surface area contributed by atoms with E-state index >= 15 is 0 Å². The van der Waals surface area contributed by atoms with Crippen molar-refractivity contribution in [1.29, 1.82) is 0 Å². The zero-order valence-corrected chi connectivity index (χ0v) is 11.7. The zero-order chi connectivity index (χ0) is 13.2. The summed E-state index contributed by atoms with van der Waals surface area (Å²) in [5.41, 5.74) is 4.42. The number of rotatable bonds is 2. The average molecular weight is 272 g/mol. The number of hydrogen-bond acceptors (Lipinski definition) is 4. The lowest BCUT2D eigenvalue weighted by Gasteiger charge is -2.18. The fourth-order valence-electron chi connectivity index (χ4n) is 2.42. The molecular formula is C14H16N4S. The van der Waals surface area contributed by atoms with Gasteiger partial charge in [0.15, 0.2) is 5.82 Å². The van der Waals surface area contributed by atoms with Crippen molar-refractivity contribution >= 4 is 12.2 Å². The second kappa shape index (κ2) is 5.19. The number of hydrogen-bond donors (Lipinski definition) is 2. The molecule has 2 aromatic rings. The van der Waals surface area contributed by atoms with Gasteiger partial charge in [-0.15, -0.1) is 0 Å². The second-order valence-electron chi connectivity index (χ2n) is 4.64. The van der Waals surface area contributed by atoms with E-state index in [-0.39, 0.29) is 0 Å². The van der Waals surface area contributed by atoms with E-state index in [2.05, 4.69) is 33.3 Å². The maximum atomic E-state index is 5.41. The van der Waals surface area contributed by atoms with Gasteiger partial charge in [-0.25, -0.2) is 4.98 Å². The molecule has 19 heavy (non-hydrogen) atoms. The van der Waals surface area contributed by atoms with Crippen molar-refractivity contribution in [2.45, 2.75) is 26.3 Å². The highest BCUT2D eigenvalue weighted by Crippen LogP contribution is 2.21. The van der Waals surface area contributed by atoms with Gasteiger partial charge in [0.1, 0.15) is 10.3 Å². The second-order valence-corrected chi connectivity index (χ2v) is 5.03. The molecule has 0 aliphatic carbocycles. The van der Waals surface area contributed by atoms with Gasteiger partial charge in [0.05, 0.1) is 0 Å². The summed E-state index contributed by atoms with van der Waals surface area (Å²) in [6, 6.07) is 4.04. The van der Waals surface area contributed by atoms with Crippen LogP contribution in [0.25, 0.3) is 11.5 Å². The fourth-order valence-corrected chi connectivity index (χ4v) is 2.70. The van der Waals surface area contributed by atoms with E-state index in [9.17, 15) is 0 Å². The highest BCUT2D eigenvalue weighted by atomic mass is 32.1. The molecule has 3 heterocycles. The first-order valence-electron chi connectivity index (χ1n) is 6.56. The van der Waals surface area contributed by atoms with E-state index in [1.165, 1.54) is 11.3 Å². The van der Waals surface area contributed by atoms with Crippen molar-refractivity contribution < 1.29 is 0 Å². The number of nitrogens with one attached hydrogen (secondary N) is 2. The number of H-pyrrole nitrogens is 1. The third-order valence-electron chi connectivity index (χ3n) is 3.46. The van der Waals surface area contributed by atoms with E-state index in [1.54, 1.807) is 6.20 Å². The van der Waals surface area contributed by atoms with Gasteiger partial charge >= 0.3 is 0 Å². The molecule has 0 fully saturated rings. The highest BCUT2D eigenvalue weighted by Gasteiger charge is 2.15. The van der Waals surface area contributed by atoms with E-state index in [0.717, 1.165) is 43.0 Å². The molecular weight excluding hydrogens is 256 g/mol. The molecule has 0 atom stereocenters. The lowest BCUT2D eigenvalue weighted by Crippen LogP contribution is -2.25. The van der Waals surface area contributed by atoms with Crippen LogP contribution < -0.4 is 5.32 Å². The van der Waals surface area contributed by atoms with Crippen LogP contribution in [0.1, 0.15) is 23.7 Å². The van der Waals surface area contributed by atoms with Gasteiger partial charge in [0.2, 0.25) is 0 Å². The fraction of sp³-hybridized carbons (Fsp3) is 0.357. The van der Waals surface area contributed by atoms with E-state index < -0.39 is 0 Å². The molecule has 0 aromatic carbocycles. The summed E-state index contributed by atoms with van der Waals surface area (Å²) in [4.78, 5) is 12.4. The Labute approximate surface area is 117 Å². The largest absolute Gasteiger partial charge is 0.341 e. The molecule has 1 aliphatic heterocycles. The quantitative estimate of drug-likeness (QED) is 0.824. The summed E-state index contributed by atoms with van der Waals surface area (Å²) in [5, 5.41) is 3.32. The maximum absolute atomic E-state index is 5.41. The summed E-state index contributed by atoms with van der Waals surface area (Å²) in [6.45, 7) is 3.91. The Morgan fingerprint density at radius 2 is 2.32 bits per heavy atom. The van der Waals surface area contributed by atoms with Gasteiger partial charge in [-0.3, -0.25) is 4.98 Å². The minimum absolute atomic E-state index is 0.684. The number of pyridine rings is 1. The van der Waals surface area contributed by atoms with Crippen molar-refractivity contribution in [2.24, 2.45) is 0 Å². The normalized spacial score (nSPS) is 14.2. The number of aromatic nitrogens is 3. The summed E-state index contributed by atoms with van der Waals surface area (Å²) < 4.78 is 0.684. The van der Waals surface area contributed by atoms with Crippen LogP contribution in [0.4, 0.5) is 0 Å². The molecule has 0 saturated carbocycles. The molecule has 0 spiro atoms. The third kappa shape index (κ3) is 2.31. The molecule has 0 amide bonds. The molecule has 98 valence electrons. The summed E-state index contributed by atoms with van der Waals surface area (Å²) >= 11 is 5.41. The van der Waals surface area contributed by atoms with Crippen LogP contribution in [0.2, 0.25) is 0 Å². The van der Waals surface area contributed by atoms with Gasteiger partial charge < -0.3 is 10.3 Å². The molecule has 0 saturated heterocycles. The molecule has 5 heteroatoms. The highest BCUT2D eigenvalue weighted by molar-refractivity contribution is 7.71. The number of nitrogens with zero attached hydrogens (tertiary/aromatic N) is 2. The Morgan fingerprint density at radius 3 is 3.16 bits per heavy atom. The van der Waals surface area contributed by atoms with Crippen molar-refractivity contribution in [3.8, 4) is 11.5 Å². The molecule has 0 unspecified atom stereocenters. The molecule has 0 bridgehead atoms. The molecule has 0 radical (unpaired) electrons. The number of aryl methyl sites for hydroxylation is 1. The van der Waals surface area contributed by atoms with Crippen molar-refractivity contribution in [1.82, 2.24) is 20.3 Å². The van der Waals surface area contributed by atoms with Crippen LogP contribution in [-0.2, 0) is 19.4 Å². The van der Waals surface area contributed by atoms with Gasteiger partial charge in [0.25, 0.3) is 0 Å². The van der Waals surface area contributed by atoms with Crippen molar-refractivity contribution in [3.05, 3.63) is 39.8 Å². The average Bonchev–Trinajstić information content (AvgIpc) is 2.47. The minimum Gasteiger partial charge on any atom is -0.341 e. The lowest BCUT2D eigenvalue weighted by atomic mass is 10.1. The van der Waals surface area contributed by atoms with Crippen molar-refractivity contribution in [2.75, 3.05) is 6.54 Å². The maximum Gasteiger partial charge on any atom is 0.158 e. The molecule has 2 aromatic heterocycles. The van der Waals surface area contributed by atoms with Gasteiger partial charge in [-0.2, -0.15) is 0 Å². The molecule has 3 rings (SSSR count). The Balaban J connectivity index is 2.16.